The van der Waals surface area contributed by atoms with Gasteiger partial charge in [0.1, 0.15) is 6.04 Å². The molecule has 0 spiro atoms. The summed E-state index contributed by atoms with van der Waals surface area (Å²) in [6.07, 6.45) is 1.63. The molecule has 1 fully saturated rings. The Labute approximate surface area is 161 Å². The second-order valence-electron chi connectivity index (χ2n) is 7.58. The standard InChI is InChI=1S/C19H29N3O4S/c1-14(2)12-17(19(24)22-10-8-21(3)9-11-22)20-18(23)15-6-5-7-16(13-15)27(4,25)26/h5-7,13-14,17H,8-12H2,1-4H3,(H,20,23)/t17-/m0/s1. The number of carbonyl (C=O) groups excluding carboxylic acids is 2. The molecule has 7 nitrogen and oxygen atoms in total. The van der Waals surface area contributed by atoms with Crippen LogP contribution in [0.3, 0.4) is 0 Å². The van der Waals surface area contributed by atoms with Crippen LogP contribution in [0.1, 0.15) is 30.6 Å². The van der Waals surface area contributed by atoms with Crippen molar-refractivity contribution in [3.63, 3.8) is 0 Å². The average Bonchev–Trinajstić information content (AvgIpc) is 2.60. The molecule has 27 heavy (non-hydrogen) atoms. The summed E-state index contributed by atoms with van der Waals surface area (Å²) in [7, 11) is -1.39. The van der Waals surface area contributed by atoms with Crippen LogP contribution >= 0.6 is 0 Å². The van der Waals surface area contributed by atoms with Crippen LogP contribution in [0, 0.1) is 5.92 Å². The molecular weight excluding hydrogens is 366 g/mol. The first kappa shape index (κ1) is 21.4. The third-order valence-electron chi connectivity index (χ3n) is 4.65. The number of sulfone groups is 1. The van der Waals surface area contributed by atoms with Crippen molar-refractivity contribution < 1.29 is 18.0 Å². The second-order valence-corrected chi connectivity index (χ2v) is 9.60. The molecule has 0 bridgehead atoms. The maximum Gasteiger partial charge on any atom is 0.251 e. The fraction of sp³-hybridized carbons (Fsp3) is 0.579. The molecule has 1 aliphatic rings. The van der Waals surface area contributed by atoms with Crippen LogP contribution < -0.4 is 5.32 Å². The van der Waals surface area contributed by atoms with Crippen LogP contribution in [-0.4, -0.2) is 75.6 Å². The number of likely N-dealkylation sites (N-methyl/N-ethyl adjacent to an activating group) is 1. The van der Waals surface area contributed by atoms with E-state index in [9.17, 15) is 18.0 Å². The molecule has 1 N–H and O–H groups in total. The van der Waals surface area contributed by atoms with E-state index < -0.39 is 21.8 Å². The quantitative estimate of drug-likeness (QED) is 0.777. The second kappa shape index (κ2) is 8.84. The molecule has 8 heteroatoms. The fourth-order valence-corrected chi connectivity index (χ4v) is 3.72. The molecule has 0 unspecified atom stereocenters. The van der Waals surface area contributed by atoms with Crippen molar-refractivity contribution >= 4 is 21.7 Å². The molecule has 1 atom stereocenters. The minimum absolute atomic E-state index is 0.0792. The highest BCUT2D eigenvalue weighted by Crippen LogP contribution is 2.14. The topological polar surface area (TPSA) is 86.8 Å². The van der Waals surface area contributed by atoms with Gasteiger partial charge in [-0.1, -0.05) is 19.9 Å². The SMILES string of the molecule is CC(C)C[C@H](NC(=O)c1cccc(S(C)(=O)=O)c1)C(=O)N1CCN(C)CC1. The molecule has 150 valence electrons. The summed E-state index contributed by atoms with van der Waals surface area (Å²) in [5, 5.41) is 2.81. The lowest BCUT2D eigenvalue weighted by Gasteiger charge is -2.35. The van der Waals surface area contributed by atoms with Crippen LogP contribution in [0.5, 0.6) is 0 Å². The number of hydrogen-bond donors (Lipinski definition) is 1. The third kappa shape index (κ3) is 6.04. The lowest BCUT2D eigenvalue weighted by Crippen LogP contribution is -2.54. The normalized spacial score (nSPS) is 17.0. The van der Waals surface area contributed by atoms with E-state index in [-0.39, 0.29) is 22.3 Å². The first-order valence-electron chi connectivity index (χ1n) is 9.16. The van der Waals surface area contributed by atoms with E-state index in [2.05, 4.69) is 10.2 Å². The highest BCUT2D eigenvalue weighted by Gasteiger charge is 2.29. The van der Waals surface area contributed by atoms with Gasteiger partial charge in [-0.05, 0) is 37.6 Å². The number of amides is 2. The van der Waals surface area contributed by atoms with E-state index in [0.29, 0.717) is 19.5 Å². The summed E-state index contributed by atoms with van der Waals surface area (Å²) in [4.78, 5) is 29.6. The highest BCUT2D eigenvalue weighted by molar-refractivity contribution is 7.90. The van der Waals surface area contributed by atoms with Crippen LogP contribution in [0.15, 0.2) is 29.2 Å². The van der Waals surface area contributed by atoms with Crippen molar-refractivity contribution in [2.24, 2.45) is 5.92 Å². The average molecular weight is 396 g/mol. The Morgan fingerprint density at radius 2 is 1.78 bits per heavy atom. The van der Waals surface area contributed by atoms with E-state index in [4.69, 9.17) is 0 Å². The minimum Gasteiger partial charge on any atom is -0.340 e. The molecule has 1 aromatic carbocycles. The Morgan fingerprint density at radius 3 is 2.33 bits per heavy atom. The molecule has 0 saturated carbocycles. The Hall–Kier alpha value is -1.93. The Kier molecular flexibility index (Phi) is 7.00. The van der Waals surface area contributed by atoms with E-state index in [1.807, 2.05) is 20.9 Å². The molecule has 1 saturated heterocycles. The van der Waals surface area contributed by atoms with Gasteiger partial charge in [0, 0.05) is 38.0 Å². The van der Waals surface area contributed by atoms with Crippen molar-refractivity contribution in [1.82, 2.24) is 15.1 Å². The van der Waals surface area contributed by atoms with Gasteiger partial charge in [0.15, 0.2) is 9.84 Å². The summed E-state index contributed by atoms with van der Waals surface area (Å²) < 4.78 is 23.4. The maximum absolute atomic E-state index is 12.9. The molecule has 0 aromatic heterocycles. The predicted molar refractivity (Wildman–Crippen MR) is 104 cm³/mol. The van der Waals surface area contributed by atoms with Gasteiger partial charge in [-0.3, -0.25) is 9.59 Å². The number of piperazine rings is 1. The van der Waals surface area contributed by atoms with Crippen molar-refractivity contribution in [2.45, 2.75) is 31.2 Å². The number of carbonyl (C=O) groups is 2. The van der Waals surface area contributed by atoms with Gasteiger partial charge >= 0.3 is 0 Å². The number of rotatable bonds is 6. The summed E-state index contributed by atoms with van der Waals surface area (Å²) in [6, 6.07) is 5.26. The molecule has 0 aliphatic carbocycles. The number of nitrogens with one attached hydrogen (secondary N) is 1. The zero-order valence-electron chi connectivity index (χ0n) is 16.4. The first-order chi connectivity index (χ1) is 12.6. The Balaban J connectivity index is 2.15. The van der Waals surface area contributed by atoms with Crippen molar-refractivity contribution in [3.05, 3.63) is 29.8 Å². The lowest BCUT2D eigenvalue weighted by atomic mass is 10.0. The van der Waals surface area contributed by atoms with Crippen molar-refractivity contribution in [2.75, 3.05) is 39.5 Å². The maximum atomic E-state index is 12.9. The highest BCUT2D eigenvalue weighted by atomic mass is 32.2. The summed E-state index contributed by atoms with van der Waals surface area (Å²) in [5.41, 5.74) is 0.234. The minimum atomic E-state index is -3.40. The van der Waals surface area contributed by atoms with Crippen LogP contribution in [0.25, 0.3) is 0 Å². The molecule has 2 amide bonds. The van der Waals surface area contributed by atoms with Gasteiger partial charge in [-0.2, -0.15) is 0 Å². The zero-order chi connectivity index (χ0) is 20.2. The van der Waals surface area contributed by atoms with Crippen molar-refractivity contribution in [3.8, 4) is 0 Å². The number of hydrogen-bond acceptors (Lipinski definition) is 5. The van der Waals surface area contributed by atoms with E-state index in [1.54, 1.807) is 11.0 Å². The summed E-state index contributed by atoms with van der Waals surface area (Å²) in [5.74, 6) is -0.285. The lowest BCUT2D eigenvalue weighted by molar-refractivity contribution is -0.135. The fourth-order valence-electron chi connectivity index (χ4n) is 3.05. The van der Waals surface area contributed by atoms with E-state index in [0.717, 1.165) is 19.3 Å². The largest absolute Gasteiger partial charge is 0.340 e. The van der Waals surface area contributed by atoms with Crippen LogP contribution in [0.4, 0.5) is 0 Å². The third-order valence-corrected chi connectivity index (χ3v) is 5.76. The molecular formula is C19H29N3O4S. The number of benzene rings is 1. The first-order valence-corrected chi connectivity index (χ1v) is 11.1. The number of nitrogens with zero attached hydrogens (tertiary/aromatic N) is 2. The van der Waals surface area contributed by atoms with Crippen molar-refractivity contribution in [1.29, 1.82) is 0 Å². The van der Waals surface area contributed by atoms with Crippen LogP contribution in [0.2, 0.25) is 0 Å². The monoisotopic (exact) mass is 395 g/mol. The molecule has 1 heterocycles. The predicted octanol–water partition coefficient (Wildman–Crippen LogP) is 1.01. The van der Waals surface area contributed by atoms with Gasteiger partial charge in [-0.25, -0.2) is 8.42 Å². The van der Waals surface area contributed by atoms with Gasteiger partial charge in [-0.15, -0.1) is 0 Å². The molecule has 2 rings (SSSR count). The van der Waals surface area contributed by atoms with E-state index >= 15 is 0 Å². The Morgan fingerprint density at radius 1 is 1.15 bits per heavy atom. The molecule has 1 aliphatic heterocycles. The van der Waals surface area contributed by atoms with Gasteiger partial charge < -0.3 is 15.1 Å². The smallest absolute Gasteiger partial charge is 0.251 e. The van der Waals surface area contributed by atoms with Gasteiger partial charge in [0.25, 0.3) is 5.91 Å². The summed E-state index contributed by atoms with van der Waals surface area (Å²) >= 11 is 0. The van der Waals surface area contributed by atoms with Gasteiger partial charge in [0.05, 0.1) is 4.90 Å². The van der Waals surface area contributed by atoms with E-state index in [1.165, 1.54) is 18.2 Å². The summed E-state index contributed by atoms with van der Waals surface area (Å²) in [6.45, 7) is 6.91. The molecule has 0 radical (unpaired) electrons. The van der Waals surface area contributed by atoms with Crippen LogP contribution in [-0.2, 0) is 14.6 Å². The zero-order valence-corrected chi connectivity index (χ0v) is 17.3. The Bertz CT molecular complexity index is 784. The van der Waals surface area contributed by atoms with Gasteiger partial charge in [0.2, 0.25) is 5.91 Å². The molecule has 1 aromatic rings.